The Labute approximate surface area is 267 Å². The Kier molecular flexibility index (Phi) is 6.17. The van der Waals surface area contributed by atoms with Crippen LogP contribution in [0, 0.1) is 0 Å². The second kappa shape index (κ2) is 10.8. The molecule has 46 heavy (non-hydrogen) atoms. The number of nitrogens with zero attached hydrogens (tertiary/aromatic N) is 1. The Balaban J connectivity index is 1.32. The van der Waals surface area contributed by atoms with Crippen molar-refractivity contribution in [2.75, 3.05) is 4.90 Å². The first-order valence-electron chi connectivity index (χ1n) is 15.7. The van der Waals surface area contributed by atoms with E-state index >= 15 is 0 Å². The van der Waals surface area contributed by atoms with Crippen molar-refractivity contribution in [3.8, 4) is 22.3 Å². The van der Waals surface area contributed by atoms with Gasteiger partial charge >= 0.3 is 0 Å². The summed E-state index contributed by atoms with van der Waals surface area (Å²) in [6, 6.07) is 62.8. The summed E-state index contributed by atoms with van der Waals surface area (Å²) in [5, 5.41) is 7.14. The van der Waals surface area contributed by atoms with Crippen LogP contribution in [0.5, 0.6) is 0 Å². The molecule has 9 rings (SSSR count). The summed E-state index contributed by atoms with van der Waals surface area (Å²) < 4.78 is 6.33. The van der Waals surface area contributed by atoms with E-state index in [-0.39, 0.29) is 0 Å². The average Bonchev–Trinajstić information content (AvgIpc) is 3.51. The first-order valence-corrected chi connectivity index (χ1v) is 15.7. The molecule has 1 heterocycles. The van der Waals surface area contributed by atoms with Crippen molar-refractivity contribution in [3.05, 3.63) is 176 Å². The van der Waals surface area contributed by atoms with Crippen LogP contribution in [-0.4, -0.2) is 0 Å². The van der Waals surface area contributed by atoms with Crippen LogP contribution in [0.2, 0.25) is 0 Å². The van der Waals surface area contributed by atoms with E-state index in [2.05, 4.69) is 169 Å². The van der Waals surface area contributed by atoms with Gasteiger partial charge in [-0.05, 0) is 69.2 Å². The summed E-state index contributed by atoms with van der Waals surface area (Å²) >= 11 is 0. The Hall–Kier alpha value is -6.12. The van der Waals surface area contributed by atoms with E-state index in [1.165, 1.54) is 32.7 Å². The van der Waals surface area contributed by atoms with E-state index in [0.29, 0.717) is 0 Å². The number of furan rings is 1. The number of rotatable bonds is 5. The zero-order valence-corrected chi connectivity index (χ0v) is 25.1. The fraction of sp³-hybridized carbons (Fsp3) is 0. The second-order valence-electron chi connectivity index (χ2n) is 11.7. The van der Waals surface area contributed by atoms with Crippen LogP contribution in [0.3, 0.4) is 0 Å². The third-order valence-electron chi connectivity index (χ3n) is 9.05. The number of hydrogen-bond acceptors (Lipinski definition) is 2. The molecule has 0 radical (unpaired) electrons. The van der Waals surface area contributed by atoms with Crippen LogP contribution < -0.4 is 4.90 Å². The topological polar surface area (TPSA) is 16.4 Å². The van der Waals surface area contributed by atoms with Gasteiger partial charge in [-0.2, -0.15) is 0 Å². The summed E-state index contributed by atoms with van der Waals surface area (Å²) in [6.07, 6.45) is 0. The van der Waals surface area contributed by atoms with E-state index in [1.807, 2.05) is 12.1 Å². The highest BCUT2D eigenvalue weighted by Gasteiger charge is 2.22. The predicted octanol–water partition coefficient (Wildman–Crippen LogP) is 12.7. The van der Waals surface area contributed by atoms with Gasteiger partial charge in [0.2, 0.25) is 0 Å². The standard InChI is InChI=1S/C44H29NO/c1-3-19-34-30(13-1)15-10-23-35(34)32-17-9-18-33(29-32)45(40-26-11-16-31-14-2-4-20-36(31)40)41-25-7-5-21-37(41)38-24-12-28-43-44(38)39-22-6-8-27-42(39)46-43/h1-29H. The van der Waals surface area contributed by atoms with Crippen LogP contribution in [-0.2, 0) is 0 Å². The number of hydrogen-bond donors (Lipinski definition) is 0. The van der Waals surface area contributed by atoms with Gasteiger partial charge in [0.25, 0.3) is 0 Å². The van der Waals surface area contributed by atoms with E-state index in [9.17, 15) is 0 Å². The van der Waals surface area contributed by atoms with E-state index in [0.717, 1.165) is 50.1 Å². The quantitative estimate of drug-likeness (QED) is 0.199. The Morgan fingerprint density at radius 3 is 1.83 bits per heavy atom. The minimum absolute atomic E-state index is 0.892. The maximum Gasteiger partial charge on any atom is 0.136 e. The maximum absolute atomic E-state index is 6.33. The molecule has 9 aromatic rings. The summed E-state index contributed by atoms with van der Waals surface area (Å²) in [5.41, 5.74) is 9.81. The lowest BCUT2D eigenvalue weighted by molar-refractivity contribution is 0.669. The maximum atomic E-state index is 6.33. The monoisotopic (exact) mass is 587 g/mol. The van der Waals surface area contributed by atoms with Gasteiger partial charge in [-0.3, -0.25) is 0 Å². The molecule has 0 aliphatic heterocycles. The highest BCUT2D eigenvalue weighted by Crippen LogP contribution is 2.46. The van der Waals surface area contributed by atoms with Crippen molar-refractivity contribution in [1.82, 2.24) is 0 Å². The zero-order chi connectivity index (χ0) is 30.5. The van der Waals surface area contributed by atoms with Gasteiger partial charge in [0.05, 0.1) is 11.4 Å². The van der Waals surface area contributed by atoms with Crippen LogP contribution in [0.1, 0.15) is 0 Å². The molecule has 0 aliphatic rings. The van der Waals surface area contributed by atoms with E-state index < -0.39 is 0 Å². The van der Waals surface area contributed by atoms with Gasteiger partial charge in [-0.15, -0.1) is 0 Å². The van der Waals surface area contributed by atoms with Gasteiger partial charge in [0, 0.05) is 27.4 Å². The van der Waals surface area contributed by atoms with Crippen molar-refractivity contribution in [3.63, 3.8) is 0 Å². The van der Waals surface area contributed by atoms with Gasteiger partial charge in [-0.25, -0.2) is 0 Å². The van der Waals surface area contributed by atoms with Crippen LogP contribution in [0.25, 0.3) is 65.7 Å². The molecule has 0 spiro atoms. The summed E-state index contributed by atoms with van der Waals surface area (Å²) in [4.78, 5) is 2.42. The van der Waals surface area contributed by atoms with Crippen molar-refractivity contribution >= 4 is 60.5 Å². The van der Waals surface area contributed by atoms with E-state index in [1.54, 1.807) is 0 Å². The lowest BCUT2D eigenvalue weighted by Crippen LogP contribution is -2.12. The van der Waals surface area contributed by atoms with Gasteiger partial charge < -0.3 is 9.32 Å². The molecule has 0 bridgehead atoms. The molecule has 0 unspecified atom stereocenters. The molecule has 0 atom stereocenters. The molecule has 0 N–H and O–H groups in total. The SMILES string of the molecule is c1cc(-c2cccc3ccccc23)cc(N(c2ccccc2-c2cccc3oc4ccccc4c23)c2cccc3ccccc23)c1. The molecule has 0 saturated carbocycles. The first kappa shape index (κ1) is 26.3. The van der Waals surface area contributed by atoms with Gasteiger partial charge in [0.1, 0.15) is 11.2 Å². The molecule has 8 aromatic carbocycles. The van der Waals surface area contributed by atoms with Crippen LogP contribution in [0.4, 0.5) is 17.1 Å². The number of anilines is 3. The molecule has 0 amide bonds. The molecule has 1 aromatic heterocycles. The molecular weight excluding hydrogens is 558 g/mol. The smallest absolute Gasteiger partial charge is 0.136 e. The first-order chi connectivity index (χ1) is 22.8. The van der Waals surface area contributed by atoms with Crippen LogP contribution >= 0.6 is 0 Å². The normalized spacial score (nSPS) is 11.5. The van der Waals surface area contributed by atoms with Crippen molar-refractivity contribution in [2.45, 2.75) is 0 Å². The lowest BCUT2D eigenvalue weighted by Gasteiger charge is -2.29. The lowest BCUT2D eigenvalue weighted by atomic mass is 9.95. The third kappa shape index (κ3) is 4.27. The second-order valence-corrected chi connectivity index (χ2v) is 11.7. The fourth-order valence-electron chi connectivity index (χ4n) is 7.00. The van der Waals surface area contributed by atoms with Crippen LogP contribution in [0.15, 0.2) is 180 Å². The Morgan fingerprint density at radius 2 is 0.935 bits per heavy atom. The number of benzene rings is 8. The molecule has 2 heteroatoms. The minimum Gasteiger partial charge on any atom is -0.456 e. The Bertz CT molecular complexity index is 2550. The molecule has 0 saturated heterocycles. The zero-order valence-electron chi connectivity index (χ0n) is 25.1. The van der Waals surface area contributed by atoms with E-state index in [4.69, 9.17) is 4.42 Å². The van der Waals surface area contributed by atoms with Crippen molar-refractivity contribution < 1.29 is 4.42 Å². The Morgan fingerprint density at radius 1 is 0.370 bits per heavy atom. The van der Waals surface area contributed by atoms with Gasteiger partial charge in [0.15, 0.2) is 0 Å². The van der Waals surface area contributed by atoms with Crippen molar-refractivity contribution in [1.29, 1.82) is 0 Å². The molecule has 0 aliphatic carbocycles. The predicted molar refractivity (Wildman–Crippen MR) is 194 cm³/mol. The number of fused-ring (bicyclic) bond motifs is 5. The average molecular weight is 588 g/mol. The summed E-state index contributed by atoms with van der Waals surface area (Å²) in [7, 11) is 0. The highest BCUT2D eigenvalue weighted by molar-refractivity contribution is 6.14. The summed E-state index contributed by atoms with van der Waals surface area (Å²) in [5.74, 6) is 0. The largest absolute Gasteiger partial charge is 0.456 e. The molecule has 216 valence electrons. The third-order valence-corrected chi connectivity index (χ3v) is 9.05. The van der Waals surface area contributed by atoms with Gasteiger partial charge in [-0.1, -0.05) is 140 Å². The molecular formula is C44H29NO. The number of para-hydroxylation sites is 2. The highest BCUT2D eigenvalue weighted by atomic mass is 16.3. The minimum atomic E-state index is 0.892. The molecule has 0 fully saturated rings. The van der Waals surface area contributed by atoms with Crippen molar-refractivity contribution in [2.24, 2.45) is 0 Å². The molecule has 2 nitrogen and oxygen atoms in total. The fourth-order valence-corrected chi connectivity index (χ4v) is 7.00. The summed E-state index contributed by atoms with van der Waals surface area (Å²) in [6.45, 7) is 0.